The molecule has 2 rings (SSSR count). The predicted molar refractivity (Wildman–Crippen MR) is 90.3 cm³/mol. The lowest BCUT2D eigenvalue weighted by molar-refractivity contribution is -0.483. The number of hydrogen-bond acceptors (Lipinski definition) is 10. The van der Waals surface area contributed by atoms with E-state index in [1.807, 2.05) is 0 Å². The number of rotatable bonds is 6. The molecule has 158 valence electrons. The minimum atomic E-state index is -2.75. The van der Waals surface area contributed by atoms with Crippen molar-refractivity contribution in [3.63, 3.8) is 0 Å². The number of alkyl halides is 3. The molecular formula is C14H21Cl3O10. The molecule has 0 spiro atoms. The summed E-state index contributed by atoms with van der Waals surface area (Å²) in [5, 5.41) is 49.2. The Morgan fingerprint density at radius 2 is 1.70 bits per heavy atom. The maximum Gasteiger partial charge on any atom is 0.362 e. The third-order valence-electron chi connectivity index (χ3n) is 4.31. The Labute approximate surface area is 169 Å². The zero-order chi connectivity index (χ0) is 20.6. The Kier molecular flexibility index (Phi) is 7.60. The minimum Gasteiger partial charge on any atom is -0.406 e. The van der Waals surface area contributed by atoms with Crippen LogP contribution in [-0.2, 0) is 23.7 Å². The summed E-state index contributed by atoms with van der Waals surface area (Å²) in [6.07, 6.45) is -9.57. The van der Waals surface area contributed by atoms with Crippen molar-refractivity contribution in [3.8, 4) is 0 Å². The molecule has 0 aromatic carbocycles. The zero-order valence-electron chi connectivity index (χ0n) is 14.1. The first kappa shape index (κ1) is 23.3. The normalized spacial score (nSPS) is 47.8. The monoisotopic (exact) mass is 454 g/mol. The van der Waals surface area contributed by atoms with Gasteiger partial charge in [-0.1, -0.05) is 0 Å². The average molecular weight is 456 g/mol. The Morgan fingerprint density at radius 3 is 2.15 bits per heavy atom. The van der Waals surface area contributed by atoms with E-state index < -0.39 is 72.2 Å². The summed E-state index contributed by atoms with van der Waals surface area (Å²) in [5.74, 6) is -6.83. The molecule has 13 heteroatoms. The van der Waals surface area contributed by atoms with Crippen molar-refractivity contribution in [2.45, 2.75) is 60.7 Å². The van der Waals surface area contributed by atoms with Crippen molar-refractivity contribution in [3.05, 3.63) is 0 Å². The molecule has 0 radical (unpaired) electrons. The van der Waals surface area contributed by atoms with E-state index in [-0.39, 0.29) is 5.88 Å². The molecule has 2 aliphatic rings. The lowest BCUT2D eigenvalue weighted by Gasteiger charge is -2.49. The van der Waals surface area contributed by atoms with Crippen LogP contribution < -0.4 is 0 Å². The number of carbonyl (C=O) groups excluding carboxylic acids is 1. The molecule has 2 aliphatic heterocycles. The molecule has 2 saturated heterocycles. The maximum absolute atomic E-state index is 11.6. The second-order valence-electron chi connectivity index (χ2n) is 6.21. The van der Waals surface area contributed by atoms with E-state index in [4.69, 9.17) is 53.8 Å². The van der Waals surface area contributed by atoms with Crippen molar-refractivity contribution >= 4 is 40.8 Å². The molecular weight excluding hydrogens is 435 g/mol. The first-order valence-electron chi connectivity index (χ1n) is 7.92. The van der Waals surface area contributed by atoms with Crippen LogP contribution in [0.25, 0.3) is 0 Å². The number of hydrogen-bond donors (Lipinski definition) is 5. The van der Waals surface area contributed by atoms with E-state index in [1.54, 1.807) is 0 Å². The molecule has 0 aromatic rings. The second-order valence-corrected chi connectivity index (χ2v) is 7.29. The summed E-state index contributed by atoms with van der Waals surface area (Å²) in [7, 11) is 0. The fourth-order valence-electron chi connectivity index (χ4n) is 2.92. The van der Waals surface area contributed by atoms with Gasteiger partial charge in [0.2, 0.25) is 5.79 Å². The molecule has 2 heterocycles. The van der Waals surface area contributed by atoms with Crippen LogP contribution >= 0.6 is 34.8 Å². The van der Waals surface area contributed by atoms with E-state index >= 15 is 0 Å². The van der Waals surface area contributed by atoms with Crippen LogP contribution in [0, 0.1) is 0 Å². The van der Waals surface area contributed by atoms with Gasteiger partial charge in [-0.2, -0.15) is 0 Å². The molecule has 27 heavy (non-hydrogen) atoms. The van der Waals surface area contributed by atoms with Crippen LogP contribution in [0.4, 0.5) is 0 Å². The third-order valence-corrected chi connectivity index (χ3v) is 5.52. The number of carbonyl (C=O) groups is 1. The topological polar surface area (TPSA) is 155 Å². The number of ether oxygens (including phenoxy) is 4. The molecule has 2 fully saturated rings. The highest BCUT2D eigenvalue weighted by Gasteiger charge is 2.65. The van der Waals surface area contributed by atoms with E-state index in [0.717, 1.165) is 6.92 Å². The predicted octanol–water partition coefficient (Wildman–Crippen LogP) is -1.77. The number of halogens is 3. The fraction of sp³-hybridized carbons (Fsp3) is 0.929. The summed E-state index contributed by atoms with van der Waals surface area (Å²) in [5.41, 5.74) is 0. The highest BCUT2D eigenvalue weighted by atomic mass is 35.5. The summed E-state index contributed by atoms with van der Waals surface area (Å²) in [6, 6.07) is 0. The van der Waals surface area contributed by atoms with Gasteiger partial charge >= 0.3 is 11.9 Å². The van der Waals surface area contributed by atoms with Crippen LogP contribution in [0.5, 0.6) is 0 Å². The van der Waals surface area contributed by atoms with Crippen LogP contribution in [0.2, 0.25) is 0 Å². The van der Waals surface area contributed by atoms with Gasteiger partial charge in [0.05, 0.1) is 23.7 Å². The zero-order valence-corrected chi connectivity index (χ0v) is 16.3. The van der Waals surface area contributed by atoms with Crippen molar-refractivity contribution in [1.29, 1.82) is 0 Å². The molecule has 10 nitrogen and oxygen atoms in total. The third kappa shape index (κ3) is 4.17. The summed E-state index contributed by atoms with van der Waals surface area (Å²) >= 11 is 17.5. The molecule has 5 N–H and O–H groups in total. The van der Waals surface area contributed by atoms with Crippen molar-refractivity contribution < 1.29 is 49.3 Å². The molecule has 0 aliphatic carbocycles. The van der Waals surface area contributed by atoms with Gasteiger partial charge in [-0.05, 0) is 0 Å². The second kappa shape index (κ2) is 8.80. The van der Waals surface area contributed by atoms with E-state index in [9.17, 15) is 30.3 Å². The first-order valence-corrected chi connectivity index (χ1v) is 9.42. The standard InChI is InChI=1S/C14H21Cl3O10/c1-5(19)24-14(12(23)10(21)8(17)7(3-18)26-14)27-13(4-16)11(22)9(20)6(2-15)25-13/h6-12,18,20-23H,2-4H2,1H3/t6-,7-,8+,9-,10+,11+,12-,13+,14-/m1/s1. The molecule has 9 atom stereocenters. The van der Waals surface area contributed by atoms with Gasteiger partial charge in [-0.25, -0.2) is 0 Å². The van der Waals surface area contributed by atoms with E-state index in [2.05, 4.69) is 0 Å². The minimum absolute atomic E-state index is 0.240. The van der Waals surface area contributed by atoms with Crippen molar-refractivity contribution in [1.82, 2.24) is 0 Å². The van der Waals surface area contributed by atoms with Gasteiger partial charge in [-0.3, -0.25) is 9.53 Å². The SMILES string of the molecule is CC(=O)O[C@@]1(O[C@]2(CCl)O[C@H](CCl)[C@@H](O)[C@@H]2O)O[C@H](CO)[C@H](Cl)[C@H](O)[C@H]1O. The van der Waals surface area contributed by atoms with Crippen LogP contribution in [-0.4, -0.2) is 104 Å². The van der Waals surface area contributed by atoms with Gasteiger partial charge in [-0.15, -0.1) is 34.8 Å². The Bertz CT molecular complexity index is 539. The quantitative estimate of drug-likeness (QED) is 0.177. The lowest BCUT2D eigenvalue weighted by Crippen LogP contribution is -2.69. The highest BCUT2D eigenvalue weighted by Crippen LogP contribution is 2.43. The lowest BCUT2D eigenvalue weighted by atomic mass is 9.99. The Balaban J connectivity index is 2.45. The van der Waals surface area contributed by atoms with Crippen molar-refractivity contribution in [2.24, 2.45) is 0 Å². The van der Waals surface area contributed by atoms with E-state index in [1.165, 1.54) is 0 Å². The highest BCUT2D eigenvalue weighted by molar-refractivity contribution is 6.21. The molecule has 0 saturated carbocycles. The average Bonchev–Trinajstić information content (AvgIpc) is 2.87. The van der Waals surface area contributed by atoms with Crippen LogP contribution in [0.15, 0.2) is 0 Å². The number of esters is 1. The number of aliphatic hydroxyl groups excluding tert-OH is 5. The molecule has 0 unspecified atom stereocenters. The van der Waals surface area contributed by atoms with Gasteiger partial charge in [0, 0.05) is 6.92 Å². The first-order chi connectivity index (χ1) is 12.6. The van der Waals surface area contributed by atoms with Gasteiger partial charge < -0.3 is 39.7 Å². The van der Waals surface area contributed by atoms with Gasteiger partial charge in [0.1, 0.15) is 30.5 Å². The van der Waals surface area contributed by atoms with Gasteiger partial charge in [0.15, 0.2) is 6.10 Å². The summed E-state index contributed by atoms with van der Waals surface area (Å²) in [6.45, 7) is 0.235. The van der Waals surface area contributed by atoms with Crippen LogP contribution in [0.3, 0.4) is 0 Å². The summed E-state index contributed by atoms with van der Waals surface area (Å²) in [4.78, 5) is 11.6. The number of aliphatic hydroxyl groups is 5. The summed E-state index contributed by atoms with van der Waals surface area (Å²) < 4.78 is 21.2. The maximum atomic E-state index is 11.6. The molecule has 0 bridgehead atoms. The molecule has 0 amide bonds. The Hall–Kier alpha value is 0.0200. The van der Waals surface area contributed by atoms with Gasteiger partial charge in [0.25, 0.3) is 0 Å². The molecule has 0 aromatic heterocycles. The fourth-order valence-corrected chi connectivity index (χ4v) is 3.71. The van der Waals surface area contributed by atoms with Crippen LogP contribution in [0.1, 0.15) is 6.92 Å². The van der Waals surface area contributed by atoms with Crippen molar-refractivity contribution in [2.75, 3.05) is 18.4 Å². The van der Waals surface area contributed by atoms with E-state index in [0.29, 0.717) is 0 Å². The largest absolute Gasteiger partial charge is 0.406 e. The smallest absolute Gasteiger partial charge is 0.362 e. The Morgan fingerprint density at radius 1 is 1.07 bits per heavy atom.